The number of guanidine groups is 1. The van der Waals surface area contributed by atoms with E-state index in [9.17, 15) is 4.79 Å². The summed E-state index contributed by atoms with van der Waals surface area (Å²) in [6.07, 6.45) is 2.28. The summed E-state index contributed by atoms with van der Waals surface area (Å²) < 4.78 is 16.1. The number of nitrogens with zero attached hydrogens (tertiary/aromatic N) is 1. The van der Waals surface area contributed by atoms with Crippen molar-refractivity contribution >= 4 is 11.9 Å². The Labute approximate surface area is 184 Å². The fourth-order valence-electron chi connectivity index (χ4n) is 2.85. The third-order valence-corrected chi connectivity index (χ3v) is 4.52. The average Bonchev–Trinajstić information content (AvgIpc) is 3.18. The Kier molecular flexibility index (Phi) is 10.4. The molecule has 8 nitrogen and oxygen atoms in total. The lowest BCUT2D eigenvalue weighted by atomic mass is 10.1. The van der Waals surface area contributed by atoms with Gasteiger partial charge in [0, 0.05) is 37.9 Å². The van der Waals surface area contributed by atoms with Crippen LogP contribution in [0.4, 0.5) is 0 Å². The zero-order chi connectivity index (χ0) is 22.5. The first-order chi connectivity index (χ1) is 15.0. The number of amides is 1. The summed E-state index contributed by atoms with van der Waals surface area (Å²) >= 11 is 0. The molecule has 1 heterocycles. The van der Waals surface area contributed by atoms with E-state index in [1.54, 1.807) is 13.2 Å². The first kappa shape index (κ1) is 24.3. The predicted octanol–water partition coefficient (Wildman–Crippen LogP) is 2.80. The van der Waals surface area contributed by atoms with E-state index in [1.165, 1.54) is 6.26 Å². The van der Waals surface area contributed by atoms with E-state index in [0.29, 0.717) is 38.6 Å². The van der Waals surface area contributed by atoms with Crippen molar-refractivity contribution in [3.8, 4) is 5.75 Å². The molecule has 0 radical (unpaired) electrons. The maximum atomic E-state index is 12.1. The number of benzene rings is 1. The lowest BCUT2D eigenvalue weighted by molar-refractivity contribution is 0.0925. The lowest BCUT2D eigenvalue weighted by Crippen LogP contribution is -2.38. The van der Waals surface area contributed by atoms with Gasteiger partial charge in [-0.1, -0.05) is 12.1 Å². The largest absolute Gasteiger partial charge is 0.491 e. The van der Waals surface area contributed by atoms with E-state index >= 15 is 0 Å². The highest BCUT2D eigenvalue weighted by atomic mass is 16.5. The van der Waals surface area contributed by atoms with Crippen LogP contribution < -0.4 is 20.7 Å². The van der Waals surface area contributed by atoms with Gasteiger partial charge in [-0.05, 0) is 44.9 Å². The van der Waals surface area contributed by atoms with Crippen molar-refractivity contribution in [1.29, 1.82) is 0 Å². The van der Waals surface area contributed by atoms with Gasteiger partial charge < -0.3 is 29.8 Å². The number of aliphatic imine (C=N–C) groups is 1. The Morgan fingerprint density at radius 3 is 2.61 bits per heavy atom. The number of carbonyl (C=O) groups excluding carboxylic acids is 1. The molecule has 1 aromatic carbocycles. The summed E-state index contributed by atoms with van der Waals surface area (Å²) in [4.78, 5) is 16.7. The van der Waals surface area contributed by atoms with Crippen molar-refractivity contribution < 1.29 is 18.7 Å². The molecule has 1 amide bonds. The normalized spacial score (nSPS) is 11.3. The van der Waals surface area contributed by atoms with Crippen LogP contribution in [0.1, 0.15) is 40.6 Å². The Bertz CT molecular complexity index is 848. The van der Waals surface area contributed by atoms with Crippen molar-refractivity contribution in [3.05, 3.63) is 53.0 Å². The standard InChI is InChI=1S/C23H34N4O4/c1-5-24-23(26-11-6-10-25-22(28)21-18(3)9-12-31-21)27-16-19-8-7-17(2)15-20(19)30-14-13-29-4/h7-9,12,15H,5-6,10-11,13-14,16H2,1-4H3,(H,25,28)(H2,24,26,27). The molecule has 170 valence electrons. The van der Waals surface area contributed by atoms with Crippen molar-refractivity contribution in [2.75, 3.05) is 40.0 Å². The Hall–Kier alpha value is -3.00. The molecule has 0 saturated carbocycles. The first-order valence-electron chi connectivity index (χ1n) is 10.6. The summed E-state index contributed by atoms with van der Waals surface area (Å²) in [5, 5.41) is 9.41. The number of ether oxygens (including phenoxy) is 2. The molecule has 0 aliphatic rings. The number of hydrogen-bond acceptors (Lipinski definition) is 5. The molecule has 0 spiro atoms. The number of furan rings is 1. The third-order valence-electron chi connectivity index (χ3n) is 4.52. The number of nitrogens with one attached hydrogen (secondary N) is 3. The molecule has 0 saturated heterocycles. The first-order valence-corrected chi connectivity index (χ1v) is 10.6. The molecular weight excluding hydrogens is 396 g/mol. The Balaban J connectivity index is 1.83. The lowest BCUT2D eigenvalue weighted by Gasteiger charge is -2.14. The highest BCUT2D eigenvalue weighted by Crippen LogP contribution is 2.21. The van der Waals surface area contributed by atoms with E-state index in [-0.39, 0.29) is 5.91 Å². The Morgan fingerprint density at radius 2 is 1.90 bits per heavy atom. The molecule has 1 aromatic heterocycles. The van der Waals surface area contributed by atoms with E-state index in [0.717, 1.165) is 41.4 Å². The monoisotopic (exact) mass is 430 g/mol. The summed E-state index contributed by atoms with van der Waals surface area (Å²) in [7, 11) is 1.66. The SMILES string of the molecule is CCNC(=NCc1ccc(C)cc1OCCOC)NCCCNC(=O)c1occc1C. The molecule has 8 heteroatoms. The number of hydrogen-bond donors (Lipinski definition) is 3. The van der Waals surface area contributed by atoms with E-state index in [4.69, 9.17) is 13.9 Å². The highest BCUT2D eigenvalue weighted by molar-refractivity contribution is 5.92. The quantitative estimate of drug-likeness (QED) is 0.272. The molecule has 2 rings (SSSR count). The summed E-state index contributed by atoms with van der Waals surface area (Å²) in [6, 6.07) is 7.89. The highest BCUT2D eigenvalue weighted by Gasteiger charge is 2.11. The fraction of sp³-hybridized carbons (Fsp3) is 0.478. The minimum Gasteiger partial charge on any atom is -0.491 e. The van der Waals surface area contributed by atoms with Gasteiger partial charge in [0.15, 0.2) is 11.7 Å². The summed E-state index contributed by atoms with van der Waals surface area (Å²) in [5.74, 6) is 1.72. The van der Waals surface area contributed by atoms with Gasteiger partial charge in [0.25, 0.3) is 5.91 Å². The van der Waals surface area contributed by atoms with Gasteiger partial charge in [0.2, 0.25) is 0 Å². The van der Waals surface area contributed by atoms with Gasteiger partial charge in [-0.15, -0.1) is 0 Å². The van der Waals surface area contributed by atoms with Crippen LogP contribution in [0.3, 0.4) is 0 Å². The number of carbonyl (C=O) groups is 1. The molecule has 3 N–H and O–H groups in total. The maximum Gasteiger partial charge on any atom is 0.287 e. The average molecular weight is 431 g/mol. The van der Waals surface area contributed by atoms with Crippen LogP contribution in [0.2, 0.25) is 0 Å². The Morgan fingerprint density at radius 1 is 1.10 bits per heavy atom. The minimum atomic E-state index is -0.191. The van der Waals surface area contributed by atoms with Crippen molar-refractivity contribution in [2.45, 2.75) is 33.7 Å². The van der Waals surface area contributed by atoms with Gasteiger partial charge in [0.05, 0.1) is 19.4 Å². The summed E-state index contributed by atoms with van der Waals surface area (Å²) in [6.45, 7) is 9.41. The second-order valence-corrected chi connectivity index (χ2v) is 7.12. The van der Waals surface area contributed by atoms with E-state index in [1.807, 2.05) is 32.9 Å². The van der Waals surface area contributed by atoms with E-state index < -0.39 is 0 Å². The van der Waals surface area contributed by atoms with Crippen LogP contribution in [-0.2, 0) is 11.3 Å². The molecule has 0 unspecified atom stereocenters. The van der Waals surface area contributed by atoms with Crippen LogP contribution in [0.15, 0.2) is 39.9 Å². The molecule has 31 heavy (non-hydrogen) atoms. The molecular formula is C23H34N4O4. The van der Waals surface area contributed by atoms with Gasteiger partial charge in [-0.25, -0.2) is 4.99 Å². The van der Waals surface area contributed by atoms with Gasteiger partial charge in [0.1, 0.15) is 12.4 Å². The van der Waals surface area contributed by atoms with Crippen molar-refractivity contribution in [1.82, 2.24) is 16.0 Å². The number of aryl methyl sites for hydroxylation is 2. The smallest absolute Gasteiger partial charge is 0.287 e. The minimum absolute atomic E-state index is 0.191. The topological polar surface area (TPSA) is 97.1 Å². The van der Waals surface area contributed by atoms with E-state index in [2.05, 4.69) is 27.0 Å². The summed E-state index contributed by atoms with van der Waals surface area (Å²) in [5.41, 5.74) is 2.98. The van der Waals surface area contributed by atoms with Crippen LogP contribution >= 0.6 is 0 Å². The molecule has 0 aliphatic heterocycles. The zero-order valence-corrected chi connectivity index (χ0v) is 18.9. The maximum absolute atomic E-state index is 12.1. The van der Waals surface area contributed by atoms with Crippen LogP contribution in [-0.4, -0.2) is 51.8 Å². The van der Waals surface area contributed by atoms with Crippen LogP contribution in [0, 0.1) is 13.8 Å². The molecule has 0 atom stereocenters. The second-order valence-electron chi connectivity index (χ2n) is 7.12. The van der Waals surface area contributed by atoms with Crippen molar-refractivity contribution in [2.24, 2.45) is 4.99 Å². The van der Waals surface area contributed by atoms with Gasteiger partial charge in [-0.3, -0.25) is 4.79 Å². The van der Waals surface area contributed by atoms with Crippen molar-refractivity contribution in [3.63, 3.8) is 0 Å². The van der Waals surface area contributed by atoms with Gasteiger partial charge in [-0.2, -0.15) is 0 Å². The second kappa shape index (κ2) is 13.3. The molecule has 0 fully saturated rings. The fourth-order valence-corrected chi connectivity index (χ4v) is 2.85. The molecule has 2 aromatic rings. The molecule has 0 bridgehead atoms. The number of rotatable bonds is 12. The predicted molar refractivity (Wildman–Crippen MR) is 122 cm³/mol. The van der Waals surface area contributed by atoms with Crippen LogP contribution in [0.5, 0.6) is 5.75 Å². The number of methoxy groups -OCH3 is 1. The van der Waals surface area contributed by atoms with Crippen LogP contribution in [0.25, 0.3) is 0 Å². The zero-order valence-electron chi connectivity index (χ0n) is 18.9. The van der Waals surface area contributed by atoms with Gasteiger partial charge >= 0.3 is 0 Å². The molecule has 0 aliphatic carbocycles. The third kappa shape index (κ3) is 8.33.